The van der Waals surface area contributed by atoms with Gasteiger partial charge in [0, 0.05) is 31.6 Å². The zero-order valence-corrected chi connectivity index (χ0v) is 12.0. The molecule has 0 spiro atoms. The van der Waals surface area contributed by atoms with Gasteiger partial charge in [-0.05, 0) is 31.4 Å². The van der Waals surface area contributed by atoms with Crippen LogP contribution in [-0.2, 0) is 0 Å². The lowest BCUT2D eigenvalue weighted by Crippen LogP contribution is -2.39. The van der Waals surface area contributed by atoms with Gasteiger partial charge in [0.05, 0.1) is 12.7 Å². The standard InChI is InChI=1S/C16H23NO3/c1-2-19-13-4-3-5-14(9-13)20-7-6-17-10-12-8-16(18)15(12)11-17/h3-5,9,12,15-16,18H,2,6-8,10-11H2,1H3/t12-,15+,16-/m1/s1. The number of rotatable bonds is 6. The van der Waals surface area contributed by atoms with Gasteiger partial charge in [0.25, 0.3) is 0 Å². The molecule has 2 aliphatic rings. The predicted octanol–water partition coefficient (Wildman–Crippen LogP) is 1.78. The number of hydrogen-bond acceptors (Lipinski definition) is 4. The summed E-state index contributed by atoms with van der Waals surface area (Å²) in [6.07, 6.45) is 0.923. The summed E-state index contributed by atoms with van der Waals surface area (Å²) in [5.41, 5.74) is 0. The third kappa shape index (κ3) is 2.91. The molecule has 1 saturated carbocycles. The second-order valence-electron chi connectivity index (χ2n) is 5.74. The van der Waals surface area contributed by atoms with Crippen molar-refractivity contribution in [3.8, 4) is 11.5 Å². The van der Waals surface area contributed by atoms with Crippen LogP contribution in [0.5, 0.6) is 11.5 Å². The van der Waals surface area contributed by atoms with Gasteiger partial charge >= 0.3 is 0 Å². The van der Waals surface area contributed by atoms with E-state index in [1.807, 2.05) is 31.2 Å². The molecule has 1 aliphatic carbocycles. The summed E-state index contributed by atoms with van der Waals surface area (Å²) in [5, 5.41) is 9.65. The van der Waals surface area contributed by atoms with Crippen LogP contribution in [-0.4, -0.2) is 49.0 Å². The number of ether oxygens (including phenoxy) is 2. The molecule has 0 radical (unpaired) electrons. The van der Waals surface area contributed by atoms with Gasteiger partial charge in [0.1, 0.15) is 18.1 Å². The molecule has 0 amide bonds. The van der Waals surface area contributed by atoms with Crippen molar-refractivity contribution in [3.05, 3.63) is 24.3 Å². The third-order valence-corrected chi connectivity index (χ3v) is 4.40. The molecule has 0 bridgehead atoms. The second kappa shape index (κ2) is 6.02. The Labute approximate surface area is 120 Å². The summed E-state index contributed by atoms with van der Waals surface area (Å²) in [7, 11) is 0. The van der Waals surface area contributed by atoms with E-state index in [0.717, 1.165) is 37.6 Å². The molecule has 2 fully saturated rings. The fourth-order valence-corrected chi connectivity index (χ4v) is 3.26. The maximum Gasteiger partial charge on any atom is 0.123 e. The molecule has 0 aromatic heterocycles. The van der Waals surface area contributed by atoms with Crippen LogP contribution in [0.3, 0.4) is 0 Å². The first-order chi connectivity index (χ1) is 9.76. The molecule has 20 heavy (non-hydrogen) atoms. The van der Waals surface area contributed by atoms with E-state index in [-0.39, 0.29) is 6.10 Å². The van der Waals surface area contributed by atoms with Crippen molar-refractivity contribution in [2.75, 3.05) is 32.8 Å². The van der Waals surface area contributed by atoms with Gasteiger partial charge in [-0.1, -0.05) is 6.07 Å². The quantitative estimate of drug-likeness (QED) is 0.860. The zero-order chi connectivity index (χ0) is 13.9. The number of aliphatic hydroxyl groups excluding tert-OH is 1. The number of fused-ring (bicyclic) bond motifs is 1. The van der Waals surface area contributed by atoms with Gasteiger partial charge in [-0.25, -0.2) is 0 Å². The normalized spacial score (nSPS) is 28.8. The average molecular weight is 277 g/mol. The summed E-state index contributed by atoms with van der Waals surface area (Å²) in [5.74, 6) is 2.94. The Hall–Kier alpha value is -1.26. The summed E-state index contributed by atoms with van der Waals surface area (Å²) in [6, 6.07) is 7.78. The van der Waals surface area contributed by atoms with Crippen molar-refractivity contribution < 1.29 is 14.6 Å². The van der Waals surface area contributed by atoms with E-state index < -0.39 is 0 Å². The molecule has 4 heteroatoms. The Morgan fingerprint density at radius 1 is 1.25 bits per heavy atom. The van der Waals surface area contributed by atoms with E-state index in [4.69, 9.17) is 9.47 Å². The lowest BCUT2D eigenvalue weighted by molar-refractivity contribution is -0.00435. The van der Waals surface area contributed by atoms with Crippen molar-refractivity contribution in [3.63, 3.8) is 0 Å². The van der Waals surface area contributed by atoms with E-state index in [1.165, 1.54) is 0 Å². The number of benzene rings is 1. The Kier molecular flexibility index (Phi) is 4.13. The molecule has 110 valence electrons. The van der Waals surface area contributed by atoms with Crippen LogP contribution in [0.15, 0.2) is 24.3 Å². The molecule has 3 rings (SSSR count). The van der Waals surface area contributed by atoms with Crippen LogP contribution >= 0.6 is 0 Å². The zero-order valence-electron chi connectivity index (χ0n) is 12.0. The summed E-state index contributed by atoms with van der Waals surface area (Å²) in [6.45, 7) is 6.40. The van der Waals surface area contributed by atoms with Gasteiger partial charge in [-0.2, -0.15) is 0 Å². The molecule has 1 N–H and O–H groups in total. The molecule has 1 heterocycles. The molecule has 3 atom stereocenters. The molecule has 1 saturated heterocycles. The van der Waals surface area contributed by atoms with Crippen LogP contribution in [0.4, 0.5) is 0 Å². The monoisotopic (exact) mass is 277 g/mol. The first kappa shape index (κ1) is 13.7. The summed E-state index contributed by atoms with van der Waals surface area (Å²) in [4.78, 5) is 2.40. The van der Waals surface area contributed by atoms with E-state index in [0.29, 0.717) is 25.0 Å². The van der Waals surface area contributed by atoms with Crippen LogP contribution in [0, 0.1) is 11.8 Å². The number of likely N-dealkylation sites (tertiary alicyclic amines) is 1. The minimum absolute atomic E-state index is 0.0613. The Morgan fingerprint density at radius 2 is 2.05 bits per heavy atom. The molecule has 1 aromatic carbocycles. The van der Waals surface area contributed by atoms with Crippen molar-refractivity contribution in [1.29, 1.82) is 0 Å². The highest BCUT2D eigenvalue weighted by molar-refractivity contribution is 5.32. The third-order valence-electron chi connectivity index (χ3n) is 4.40. The number of nitrogens with zero attached hydrogens (tertiary/aromatic N) is 1. The van der Waals surface area contributed by atoms with Gasteiger partial charge in [0.2, 0.25) is 0 Å². The van der Waals surface area contributed by atoms with E-state index in [1.54, 1.807) is 0 Å². The molecule has 0 unspecified atom stereocenters. The van der Waals surface area contributed by atoms with Gasteiger partial charge in [0.15, 0.2) is 0 Å². The molecular formula is C16H23NO3. The lowest BCUT2D eigenvalue weighted by atomic mass is 9.74. The minimum atomic E-state index is -0.0613. The lowest BCUT2D eigenvalue weighted by Gasteiger charge is -2.35. The van der Waals surface area contributed by atoms with E-state index >= 15 is 0 Å². The predicted molar refractivity (Wildman–Crippen MR) is 77.1 cm³/mol. The Bertz CT molecular complexity index is 451. The molecule has 4 nitrogen and oxygen atoms in total. The van der Waals surface area contributed by atoms with Crippen LogP contribution in [0.1, 0.15) is 13.3 Å². The van der Waals surface area contributed by atoms with Gasteiger partial charge < -0.3 is 14.6 Å². The fraction of sp³-hybridized carbons (Fsp3) is 0.625. The molecular weight excluding hydrogens is 254 g/mol. The smallest absolute Gasteiger partial charge is 0.123 e. The second-order valence-corrected chi connectivity index (χ2v) is 5.74. The maximum absolute atomic E-state index is 9.65. The van der Waals surface area contributed by atoms with E-state index in [2.05, 4.69) is 4.90 Å². The van der Waals surface area contributed by atoms with Crippen molar-refractivity contribution in [2.24, 2.45) is 11.8 Å². The number of hydrogen-bond donors (Lipinski definition) is 1. The summed E-state index contributed by atoms with van der Waals surface area (Å²) < 4.78 is 11.2. The minimum Gasteiger partial charge on any atom is -0.494 e. The van der Waals surface area contributed by atoms with Gasteiger partial charge in [-0.15, -0.1) is 0 Å². The highest BCUT2D eigenvalue weighted by atomic mass is 16.5. The van der Waals surface area contributed by atoms with Crippen LogP contribution in [0.2, 0.25) is 0 Å². The van der Waals surface area contributed by atoms with Crippen molar-refractivity contribution in [2.45, 2.75) is 19.4 Å². The van der Waals surface area contributed by atoms with E-state index in [9.17, 15) is 5.11 Å². The molecule has 1 aliphatic heterocycles. The number of aliphatic hydroxyl groups is 1. The fourth-order valence-electron chi connectivity index (χ4n) is 3.26. The van der Waals surface area contributed by atoms with Gasteiger partial charge in [-0.3, -0.25) is 4.90 Å². The van der Waals surface area contributed by atoms with Crippen LogP contribution < -0.4 is 9.47 Å². The SMILES string of the molecule is CCOc1cccc(OCCN2C[C@H]3C[C@@H](O)[C@H]3C2)c1. The first-order valence-electron chi connectivity index (χ1n) is 7.52. The van der Waals surface area contributed by atoms with Crippen LogP contribution in [0.25, 0.3) is 0 Å². The Balaban J connectivity index is 1.42. The maximum atomic E-state index is 9.65. The average Bonchev–Trinajstić information content (AvgIpc) is 2.77. The first-order valence-corrected chi connectivity index (χ1v) is 7.52. The topological polar surface area (TPSA) is 41.9 Å². The summed E-state index contributed by atoms with van der Waals surface area (Å²) >= 11 is 0. The van der Waals surface area contributed by atoms with Crippen molar-refractivity contribution in [1.82, 2.24) is 4.90 Å². The highest BCUT2D eigenvalue weighted by Crippen LogP contribution is 2.40. The highest BCUT2D eigenvalue weighted by Gasteiger charge is 2.45. The molecule has 1 aromatic rings. The Morgan fingerprint density at radius 3 is 2.75 bits per heavy atom. The largest absolute Gasteiger partial charge is 0.494 e. The van der Waals surface area contributed by atoms with Crippen molar-refractivity contribution >= 4 is 0 Å².